The van der Waals surface area contributed by atoms with Gasteiger partial charge in [0, 0.05) is 23.4 Å². The van der Waals surface area contributed by atoms with Crippen LogP contribution in [0.1, 0.15) is 85.0 Å². The van der Waals surface area contributed by atoms with Crippen molar-refractivity contribution in [3.8, 4) is 6.01 Å². The lowest BCUT2D eigenvalue weighted by molar-refractivity contribution is -0.143. The number of ether oxygens (including phenoxy) is 2. The lowest BCUT2D eigenvalue weighted by Gasteiger charge is -2.36. The standard InChI is InChI=1S/C40H49ClF2N6O9S/c1-38(2,3)30-34(52)49-18-22(15-28(49)32(50)46-40(17-26(40)31(42)43)35(53)47-59(55,56)23-8-9-23)57-36-44-27-14-21(41)7-10-24(27)33(51)48(36)11-5-4-6-20-16-39(20)25-12-19(25)13-29(39)58-37(54)45-30/h7,10,14,19-20,22-23,25-26,28-31H,4-6,8-9,11-13,15-18H2,1-3H3,(H,45,54)(H,46,50)(H,47,53)/t19-,20+,22+,25-,26-,28-,29+,30+,39?,40+/m0/s1. The molecule has 2 aromatic rings. The van der Waals surface area contributed by atoms with Crippen LogP contribution in [0.3, 0.4) is 0 Å². The van der Waals surface area contributed by atoms with E-state index in [0.717, 1.165) is 32.1 Å². The third-order valence-electron chi connectivity index (χ3n) is 14.0. The number of aromatic nitrogens is 2. The van der Waals surface area contributed by atoms with Crippen molar-refractivity contribution in [3.05, 3.63) is 33.6 Å². The molecule has 10 atom stereocenters. The SMILES string of the molecule is CC(C)(C)[C@@H]1NC(=O)O[C@@H]2C[C@@H]3C[C@@H]3C23C[C@H]3CCCCn2c(nc3cc(Cl)ccc3c2=O)O[C@@H]2C[C@@H](C(=O)N[C@]3(C(=O)NS(=O)(=O)C4CC4)C[C@H]3C(F)F)N(C2)C1=O. The number of benzene rings is 1. The zero-order chi connectivity index (χ0) is 42.0. The monoisotopic (exact) mass is 862 g/mol. The Kier molecular flexibility index (Phi) is 9.57. The van der Waals surface area contributed by atoms with Crippen molar-refractivity contribution in [3.63, 3.8) is 0 Å². The summed E-state index contributed by atoms with van der Waals surface area (Å²) in [4.78, 5) is 76.3. The first kappa shape index (κ1) is 40.4. The van der Waals surface area contributed by atoms with Gasteiger partial charge in [0.05, 0.1) is 28.6 Å². The quantitative estimate of drug-likeness (QED) is 0.384. The molecule has 7 aliphatic rings. The summed E-state index contributed by atoms with van der Waals surface area (Å²) >= 11 is 6.29. The summed E-state index contributed by atoms with van der Waals surface area (Å²) in [6, 6.07) is 1.99. The van der Waals surface area contributed by atoms with Gasteiger partial charge < -0.3 is 25.0 Å². The molecule has 320 valence electrons. The van der Waals surface area contributed by atoms with E-state index in [1.54, 1.807) is 32.9 Å². The number of carbonyl (C=O) groups is 4. The van der Waals surface area contributed by atoms with Crippen LogP contribution in [-0.4, -0.2) is 94.7 Å². The molecule has 1 spiro atoms. The highest BCUT2D eigenvalue weighted by molar-refractivity contribution is 7.91. The molecule has 1 aromatic heterocycles. The summed E-state index contributed by atoms with van der Waals surface area (Å²) in [6.45, 7) is 5.22. The van der Waals surface area contributed by atoms with Gasteiger partial charge in [-0.25, -0.2) is 22.0 Å². The van der Waals surface area contributed by atoms with Gasteiger partial charge in [-0.3, -0.25) is 28.5 Å². The van der Waals surface area contributed by atoms with Crippen LogP contribution < -0.4 is 25.7 Å². The Morgan fingerprint density at radius 3 is 2.51 bits per heavy atom. The number of alkyl carbamates (subject to hydrolysis) is 1. The van der Waals surface area contributed by atoms with E-state index in [1.807, 2.05) is 4.72 Å². The van der Waals surface area contributed by atoms with Gasteiger partial charge >= 0.3 is 6.09 Å². The molecule has 59 heavy (non-hydrogen) atoms. The molecule has 2 aliphatic heterocycles. The van der Waals surface area contributed by atoms with Crippen molar-refractivity contribution < 1.29 is 45.9 Å². The van der Waals surface area contributed by atoms with Crippen LogP contribution in [0.2, 0.25) is 5.02 Å². The van der Waals surface area contributed by atoms with Gasteiger partial charge in [-0.1, -0.05) is 38.8 Å². The first-order valence-corrected chi connectivity index (χ1v) is 22.6. The summed E-state index contributed by atoms with van der Waals surface area (Å²) in [5.74, 6) is -3.32. The maximum Gasteiger partial charge on any atom is 0.408 e. The van der Waals surface area contributed by atoms with Crippen LogP contribution in [0, 0.1) is 34.5 Å². The van der Waals surface area contributed by atoms with Crippen LogP contribution in [0.15, 0.2) is 23.0 Å². The van der Waals surface area contributed by atoms with E-state index in [1.165, 1.54) is 15.5 Å². The van der Waals surface area contributed by atoms with Crippen molar-refractivity contribution >= 4 is 56.3 Å². The summed E-state index contributed by atoms with van der Waals surface area (Å²) in [5.41, 5.74) is -3.38. The molecule has 19 heteroatoms. The molecule has 5 aliphatic carbocycles. The maximum absolute atomic E-state index is 14.8. The van der Waals surface area contributed by atoms with Gasteiger partial charge in [0.15, 0.2) is 0 Å². The molecule has 3 N–H and O–H groups in total. The zero-order valence-corrected chi connectivity index (χ0v) is 34.6. The highest BCUT2D eigenvalue weighted by Gasteiger charge is 2.74. The van der Waals surface area contributed by atoms with Gasteiger partial charge in [0.25, 0.3) is 17.5 Å². The number of nitrogens with one attached hydrogen (secondary N) is 3. The van der Waals surface area contributed by atoms with Crippen LogP contribution in [-0.2, 0) is 35.7 Å². The van der Waals surface area contributed by atoms with Crippen molar-refractivity contribution in [1.29, 1.82) is 0 Å². The van der Waals surface area contributed by atoms with Crippen molar-refractivity contribution in [2.75, 3.05) is 6.54 Å². The Labute approximate surface area is 344 Å². The fraction of sp³-hybridized carbons (Fsp3) is 0.700. The number of hydrogen-bond acceptors (Lipinski definition) is 10. The second-order valence-electron chi connectivity index (χ2n) is 19.0. The molecule has 1 saturated heterocycles. The number of hydrogen-bond donors (Lipinski definition) is 3. The average Bonchev–Trinajstić information content (AvgIpc) is 3.98. The minimum atomic E-state index is -4.16. The van der Waals surface area contributed by atoms with Gasteiger partial charge in [-0.2, -0.15) is 4.98 Å². The second kappa shape index (κ2) is 14.0. The lowest BCUT2D eigenvalue weighted by atomic mass is 9.85. The Hall–Kier alpha value is -4.06. The number of nitrogens with zero attached hydrogens (tertiary/aromatic N) is 3. The molecule has 4 amide bonds. The van der Waals surface area contributed by atoms with Crippen LogP contribution >= 0.6 is 11.6 Å². The van der Waals surface area contributed by atoms with E-state index in [0.29, 0.717) is 47.4 Å². The molecule has 2 bridgehead atoms. The number of sulfonamides is 1. The van der Waals surface area contributed by atoms with Crippen molar-refractivity contribution in [2.45, 2.75) is 133 Å². The molecule has 5 saturated carbocycles. The predicted molar refractivity (Wildman–Crippen MR) is 208 cm³/mol. The average molecular weight is 863 g/mol. The Morgan fingerprint density at radius 1 is 1.05 bits per heavy atom. The Morgan fingerprint density at radius 2 is 1.81 bits per heavy atom. The second-order valence-corrected chi connectivity index (χ2v) is 21.4. The fourth-order valence-electron chi connectivity index (χ4n) is 10.4. The topological polar surface area (TPSA) is 195 Å². The minimum absolute atomic E-state index is 0.0564. The Balaban J connectivity index is 1.07. The number of rotatable bonds is 6. The molecule has 1 unspecified atom stereocenters. The molecule has 1 aromatic carbocycles. The van der Waals surface area contributed by atoms with Gasteiger partial charge in [0.2, 0.25) is 28.3 Å². The van der Waals surface area contributed by atoms with Crippen LogP contribution in [0.4, 0.5) is 13.6 Å². The number of amides is 4. The zero-order valence-electron chi connectivity index (χ0n) is 33.0. The first-order chi connectivity index (χ1) is 27.8. The predicted octanol–water partition coefficient (Wildman–Crippen LogP) is 3.89. The molecular formula is C40H49ClF2N6O9S. The summed E-state index contributed by atoms with van der Waals surface area (Å²) in [7, 11) is -4.16. The third-order valence-corrected chi connectivity index (χ3v) is 16.1. The third kappa shape index (κ3) is 7.12. The minimum Gasteiger partial charge on any atom is -0.459 e. The highest BCUT2D eigenvalue weighted by atomic mass is 35.5. The molecule has 0 radical (unpaired) electrons. The smallest absolute Gasteiger partial charge is 0.408 e. The summed E-state index contributed by atoms with van der Waals surface area (Å²) in [5, 5.41) is 5.06. The fourth-order valence-corrected chi connectivity index (χ4v) is 12.0. The van der Waals surface area contributed by atoms with Crippen molar-refractivity contribution in [1.82, 2.24) is 29.8 Å². The van der Waals surface area contributed by atoms with Crippen LogP contribution in [0.5, 0.6) is 6.01 Å². The molecular weight excluding hydrogens is 814 g/mol. The van der Waals surface area contributed by atoms with E-state index in [4.69, 9.17) is 21.1 Å². The van der Waals surface area contributed by atoms with E-state index in [9.17, 15) is 41.2 Å². The number of fused-ring (bicyclic) bond motifs is 5. The number of carbonyl (C=O) groups excluding carboxylic acids is 4. The number of halogens is 3. The summed E-state index contributed by atoms with van der Waals surface area (Å²) in [6.07, 6.45) is -0.168. The molecule has 15 nitrogen and oxygen atoms in total. The van der Waals surface area contributed by atoms with E-state index < -0.39 is 87.0 Å². The highest BCUT2D eigenvalue weighted by Crippen LogP contribution is 2.77. The summed E-state index contributed by atoms with van der Waals surface area (Å²) < 4.78 is 69.8. The van der Waals surface area contributed by atoms with Crippen molar-refractivity contribution in [2.24, 2.45) is 34.5 Å². The molecule has 3 heterocycles. The van der Waals surface area contributed by atoms with E-state index >= 15 is 0 Å². The number of alkyl halides is 2. The lowest BCUT2D eigenvalue weighted by Crippen LogP contribution is -2.60. The van der Waals surface area contributed by atoms with Gasteiger partial charge in [-0.05, 0) is 92.7 Å². The largest absolute Gasteiger partial charge is 0.459 e. The Bertz CT molecular complexity index is 2300. The normalized spacial score (nSPS) is 35.5. The van der Waals surface area contributed by atoms with E-state index in [-0.39, 0.29) is 48.1 Å². The maximum atomic E-state index is 14.8. The van der Waals surface area contributed by atoms with Crippen LogP contribution in [0.25, 0.3) is 10.9 Å². The molecule has 6 fully saturated rings. The van der Waals surface area contributed by atoms with E-state index in [2.05, 4.69) is 15.6 Å². The van der Waals surface area contributed by atoms with Gasteiger partial charge in [0.1, 0.15) is 29.8 Å². The molecule has 9 rings (SSSR count). The van der Waals surface area contributed by atoms with Gasteiger partial charge in [-0.15, -0.1) is 0 Å². The first-order valence-electron chi connectivity index (χ1n) is 20.6.